The maximum Gasteiger partial charge on any atom is 0.323 e. The molecule has 1 heterocycles. The lowest BCUT2D eigenvalue weighted by Crippen LogP contribution is -2.53. The van der Waals surface area contributed by atoms with Crippen molar-refractivity contribution in [1.82, 2.24) is 4.90 Å². The third-order valence-electron chi connectivity index (χ3n) is 3.22. The van der Waals surface area contributed by atoms with Crippen LogP contribution in [0.5, 0.6) is 0 Å². The van der Waals surface area contributed by atoms with Gasteiger partial charge in [0.15, 0.2) is 0 Å². The normalized spacial score (nSPS) is 19.7. The quantitative estimate of drug-likeness (QED) is 0.727. The Hall–Kier alpha value is -1.35. The molecular weight excluding hydrogens is 214 g/mol. The minimum Gasteiger partial charge on any atom is -0.465 e. The van der Waals surface area contributed by atoms with E-state index >= 15 is 0 Å². The summed E-state index contributed by atoms with van der Waals surface area (Å²) in [6.07, 6.45) is 1.93. The SMILES string of the molecule is CCOC(=O)[C@@H]1CCN1CCc1ccccc1. The Balaban J connectivity index is 1.78. The summed E-state index contributed by atoms with van der Waals surface area (Å²) in [7, 11) is 0. The highest BCUT2D eigenvalue weighted by Gasteiger charge is 2.34. The monoisotopic (exact) mass is 233 g/mol. The summed E-state index contributed by atoms with van der Waals surface area (Å²) in [5, 5.41) is 0. The Bertz CT molecular complexity index is 364. The van der Waals surface area contributed by atoms with E-state index in [0.717, 1.165) is 25.9 Å². The number of ether oxygens (including phenoxy) is 1. The lowest BCUT2D eigenvalue weighted by Gasteiger charge is -2.38. The van der Waals surface area contributed by atoms with Crippen molar-refractivity contribution in [3.63, 3.8) is 0 Å². The molecule has 0 amide bonds. The first kappa shape index (κ1) is 12.1. The maximum atomic E-state index is 11.6. The van der Waals surface area contributed by atoms with Crippen LogP contribution in [0, 0.1) is 0 Å². The molecule has 0 spiro atoms. The zero-order valence-electron chi connectivity index (χ0n) is 10.3. The van der Waals surface area contributed by atoms with Gasteiger partial charge in [-0.15, -0.1) is 0 Å². The number of likely N-dealkylation sites (tertiary alicyclic amines) is 1. The summed E-state index contributed by atoms with van der Waals surface area (Å²) < 4.78 is 5.05. The van der Waals surface area contributed by atoms with Crippen LogP contribution in [0.2, 0.25) is 0 Å². The van der Waals surface area contributed by atoms with Crippen LogP contribution < -0.4 is 0 Å². The number of carbonyl (C=O) groups excluding carboxylic acids is 1. The zero-order chi connectivity index (χ0) is 12.1. The Morgan fingerprint density at radius 3 is 2.76 bits per heavy atom. The van der Waals surface area contributed by atoms with Crippen LogP contribution in [-0.4, -0.2) is 36.6 Å². The number of nitrogens with zero attached hydrogens (tertiary/aromatic N) is 1. The van der Waals surface area contributed by atoms with Crippen LogP contribution in [0.15, 0.2) is 30.3 Å². The summed E-state index contributed by atoms with van der Waals surface area (Å²) in [6, 6.07) is 10.4. The highest BCUT2D eigenvalue weighted by Crippen LogP contribution is 2.19. The maximum absolute atomic E-state index is 11.6. The highest BCUT2D eigenvalue weighted by atomic mass is 16.5. The second-order valence-corrected chi connectivity index (χ2v) is 4.33. The number of esters is 1. The van der Waals surface area contributed by atoms with E-state index in [-0.39, 0.29) is 12.0 Å². The minimum atomic E-state index is -0.0631. The summed E-state index contributed by atoms with van der Waals surface area (Å²) in [5.74, 6) is -0.0631. The van der Waals surface area contributed by atoms with Gasteiger partial charge in [0.1, 0.15) is 6.04 Å². The number of hydrogen-bond donors (Lipinski definition) is 0. The average Bonchev–Trinajstić information content (AvgIpc) is 2.29. The highest BCUT2D eigenvalue weighted by molar-refractivity contribution is 5.76. The number of hydrogen-bond acceptors (Lipinski definition) is 3. The Morgan fingerprint density at radius 2 is 2.18 bits per heavy atom. The van der Waals surface area contributed by atoms with Crippen LogP contribution in [-0.2, 0) is 16.0 Å². The van der Waals surface area contributed by atoms with Gasteiger partial charge in [0.25, 0.3) is 0 Å². The fourth-order valence-corrected chi connectivity index (χ4v) is 2.13. The largest absolute Gasteiger partial charge is 0.465 e. The fraction of sp³-hybridized carbons (Fsp3) is 0.500. The first-order valence-corrected chi connectivity index (χ1v) is 6.26. The van der Waals surface area contributed by atoms with Crippen molar-refractivity contribution in [2.75, 3.05) is 19.7 Å². The topological polar surface area (TPSA) is 29.5 Å². The Morgan fingerprint density at radius 1 is 1.41 bits per heavy atom. The van der Waals surface area contributed by atoms with Crippen LogP contribution in [0.4, 0.5) is 0 Å². The van der Waals surface area contributed by atoms with E-state index in [2.05, 4.69) is 17.0 Å². The van der Waals surface area contributed by atoms with Crippen LogP contribution >= 0.6 is 0 Å². The van der Waals surface area contributed by atoms with Crippen molar-refractivity contribution < 1.29 is 9.53 Å². The predicted molar refractivity (Wildman–Crippen MR) is 66.8 cm³/mol. The first-order valence-electron chi connectivity index (χ1n) is 6.26. The van der Waals surface area contributed by atoms with Gasteiger partial charge in [0.2, 0.25) is 0 Å². The third kappa shape index (κ3) is 3.07. The van der Waals surface area contributed by atoms with Crippen LogP contribution in [0.3, 0.4) is 0 Å². The lowest BCUT2D eigenvalue weighted by molar-refractivity contribution is -0.154. The Labute approximate surface area is 102 Å². The molecule has 2 rings (SSSR count). The van der Waals surface area contributed by atoms with E-state index in [4.69, 9.17) is 4.74 Å². The van der Waals surface area contributed by atoms with Crippen molar-refractivity contribution in [3.8, 4) is 0 Å². The molecular formula is C14H19NO2. The van der Waals surface area contributed by atoms with Gasteiger partial charge in [-0.1, -0.05) is 30.3 Å². The molecule has 0 aromatic heterocycles. The molecule has 0 bridgehead atoms. The molecule has 17 heavy (non-hydrogen) atoms. The summed E-state index contributed by atoms with van der Waals surface area (Å²) in [4.78, 5) is 13.8. The molecule has 1 aliphatic heterocycles. The molecule has 0 N–H and O–H groups in total. The molecule has 0 unspecified atom stereocenters. The van der Waals surface area contributed by atoms with Gasteiger partial charge in [-0.2, -0.15) is 0 Å². The second kappa shape index (κ2) is 5.82. The van der Waals surface area contributed by atoms with Crippen molar-refractivity contribution in [2.45, 2.75) is 25.8 Å². The van der Waals surface area contributed by atoms with Gasteiger partial charge >= 0.3 is 5.97 Å². The smallest absolute Gasteiger partial charge is 0.323 e. The van der Waals surface area contributed by atoms with Crippen molar-refractivity contribution >= 4 is 5.97 Å². The molecule has 1 fully saturated rings. The van der Waals surface area contributed by atoms with Crippen molar-refractivity contribution in [2.24, 2.45) is 0 Å². The zero-order valence-corrected chi connectivity index (χ0v) is 10.3. The Kier molecular flexibility index (Phi) is 4.15. The van der Waals surface area contributed by atoms with Gasteiger partial charge in [-0.3, -0.25) is 9.69 Å². The average molecular weight is 233 g/mol. The predicted octanol–water partition coefficient (Wildman–Crippen LogP) is 1.87. The summed E-state index contributed by atoms with van der Waals surface area (Å²) in [5.41, 5.74) is 1.32. The van der Waals surface area contributed by atoms with E-state index in [0.29, 0.717) is 6.61 Å². The molecule has 1 saturated heterocycles. The lowest BCUT2D eigenvalue weighted by atomic mass is 10.0. The number of carbonyl (C=O) groups is 1. The molecule has 0 aliphatic carbocycles. The van der Waals surface area contributed by atoms with E-state index in [1.807, 2.05) is 25.1 Å². The standard InChI is InChI=1S/C14H19NO2/c1-2-17-14(16)13-9-11-15(13)10-8-12-6-4-3-5-7-12/h3-7,13H,2,8-11H2,1H3/t13-/m0/s1. The van der Waals surface area contributed by atoms with E-state index in [1.54, 1.807) is 0 Å². The van der Waals surface area contributed by atoms with E-state index in [9.17, 15) is 4.79 Å². The molecule has 1 aromatic rings. The molecule has 1 aliphatic rings. The number of rotatable bonds is 5. The van der Waals surface area contributed by atoms with E-state index in [1.165, 1.54) is 5.56 Å². The van der Waals surface area contributed by atoms with Gasteiger partial charge in [-0.05, 0) is 25.3 Å². The van der Waals surface area contributed by atoms with Crippen LogP contribution in [0.25, 0.3) is 0 Å². The molecule has 3 heteroatoms. The second-order valence-electron chi connectivity index (χ2n) is 4.33. The molecule has 1 atom stereocenters. The fourth-order valence-electron chi connectivity index (χ4n) is 2.13. The minimum absolute atomic E-state index is 0.00124. The molecule has 1 aromatic carbocycles. The first-order chi connectivity index (χ1) is 8.31. The molecule has 3 nitrogen and oxygen atoms in total. The molecule has 0 saturated carbocycles. The van der Waals surface area contributed by atoms with Gasteiger partial charge < -0.3 is 4.74 Å². The van der Waals surface area contributed by atoms with Crippen molar-refractivity contribution in [3.05, 3.63) is 35.9 Å². The molecule has 92 valence electrons. The summed E-state index contributed by atoms with van der Waals surface area (Å²) >= 11 is 0. The van der Waals surface area contributed by atoms with Gasteiger partial charge in [0.05, 0.1) is 6.61 Å². The van der Waals surface area contributed by atoms with E-state index < -0.39 is 0 Å². The van der Waals surface area contributed by atoms with Gasteiger partial charge in [-0.25, -0.2) is 0 Å². The number of benzene rings is 1. The summed E-state index contributed by atoms with van der Waals surface area (Å²) in [6.45, 7) is 4.27. The van der Waals surface area contributed by atoms with Crippen LogP contribution in [0.1, 0.15) is 18.9 Å². The van der Waals surface area contributed by atoms with Crippen molar-refractivity contribution in [1.29, 1.82) is 0 Å². The van der Waals surface area contributed by atoms with Gasteiger partial charge in [0, 0.05) is 13.1 Å². The third-order valence-corrected chi connectivity index (χ3v) is 3.22. The molecule has 0 radical (unpaired) electrons.